The van der Waals surface area contributed by atoms with E-state index in [1.807, 2.05) is 19.2 Å². The number of hydrogen-bond acceptors (Lipinski definition) is 4. The summed E-state index contributed by atoms with van der Waals surface area (Å²) >= 11 is 0. The molecule has 2 rings (SSSR count). The van der Waals surface area contributed by atoms with Gasteiger partial charge in [0.15, 0.2) is 0 Å². The van der Waals surface area contributed by atoms with Crippen LogP contribution < -0.4 is 10.1 Å². The number of hydrogen-bond donors (Lipinski definition) is 2. The van der Waals surface area contributed by atoms with Gasteiger partial charge in [-0.3, -0.25) is 0 Å². The lowest BCUT2D eigenvalue weighted by molar-refractivity contribution is 0.0554. The molecule has 0 radical (unpaired) electrons. The number of aliphatic hydroxyl groups excluding tert-OH is 1. The Kier molecular flexibility index (Phi) is 6.03. The molecule has 0 aromatic heterocycles. The summed E-state index contributed by atoms with van der Waals surface area (Å²) in [5.74, 6) is 0.908. The zero-order valence-corrected chi connectivity index (χ0v) is 13.1. The first-order valence-corrected chi connectivity index (χ1v) is 7.76. The molecule has 4 nitrogen and oxygen atoms in total. The summed E-state index contributed by atoms with van der Waals surface area (Å²) in [6, 6.07) is 8.24. The van der Waals surface area contributed by atoms with Gasteiger partial charge in [-0.2, -0.15) is 0 Å². The van der Waals surface area contributed by atoms with Crippen molar-refractivity contribution in [3.63, 3.8) is 0 Å². The average Bonchev–Trinajstić information content (AvgIpc) is 2.54. The molecule has 0 saturated heterocycles. The maximum Gasteiger partial charge on any atom is 0.119 e. The van der Waals surface area contributed by atoms with Gasteiger partial charge in [0.05, 0.1) is 13.2 Å². The van der Waals surface area contributed by atoms with Crippen LogP contribution in [0.5, 0.6) is 5.75 Å². The Morgan fingerprint density at radius 1 is 1.33 bits per heavy atom. The third kappa shape index (κ3) is 4.43. The summed E-state index contributed by atoms with van der Waals surface area (Å²) in [7, 11) is 3.64. The lowest BCUT2D eigenvalue weighted by Gasteiger charge is -2.39. The fraction of sp³-hybridized carbons (Fsp3) is 0.647. The standard InChI is InChI=1S/C17H27NO3/c1-18-17(13-19)10-3-4-16(12-17)21-15-7-5-14(6-8-15)9-11-20-2/h5-8,16,18-19H,3-4,9-13H2,1-2H3. The molecule has 1 aromatic carbocycles. The molecule has 118 valence electrons. The van der Waals surface area contributed by atoms with E-state index in [1.165, 1.54) is 5.56 Å². The van der Waals surface area contributed by atoms with E-state index < -0.39 is 0 Å². The molecule has 0 spiro atoms. The number of likely N-dealkylation sites (N-methyl/N-ethyl adjacent to an activating group) is 1. The van der Waals surface area contributed by atoms with Gasteiger partial charge in [-0.1, -0.05) is 12.1 Å². The topological polar surface area (TPSA) is 50.7 Å². The summed E-state index contributed by atoms with van der Waals surface area (Å²) < 4.78 is 11.2. The molecule has 1 fully saturated rings. The van der Waals surface area contributed by atoms with Crippen LogP contribution in [-0.2, 0) is 11.2 Å². The van der Waals surface area contributed by atoms with Crippen molar-refractivity contribution in [2.45, 2.75) is 43.7 Å². The van der Waals surface area contributed by atoms with Gasteiger partial charge in [0.25, 0.3) is 0 Å². The molecule has 1 aliphatic rings. The van der Waals surface area contributed by atoms with E-state index in [-0.39, 0.29) is 18.2 Å². The summed E-state index contributed by atoms with van der Waals surface area (Å²) in [4.78, 5) is 0. The molecule has 21 heavy (non-hydrogen) atoms. The lowest BCUT2D eigenvalue weighted by atomic mass is 9.81. The fourth-order valence-electron chi connectivity index (χ4n) is 3.01. The number of ether oxygens (including phenoxy) is 2. The third-order valence-corrected chi connectivity index (χ3v) is 4.45. The Bertz CT molecular complexity index is 415. The van der Waals surface area contributed by atoms with Gasteiger partial charge in [0, 0.05) is 19.1 Å². The first kappa shape index (κ1) is 16.3. The van der Waals surface area contributed by atoms with Gasteiger partial charge >= 0.3 is 0 Å². The van der Waals surface area contributed by atoms with E-state index in [0.29, 0.717) is 0 Å². The molecular weight excluding hydrogens is 266 g/mol. The highest BCUT2D eigenvalue weighted by molar-refractivity contribution is 5.27. The van der Waals surface area contributed by atoms with Gasteiger partial charge in [-0.05, 0) is 50.4 Å². The van der Waals surface area contributed by atoms with Crippen molar-refractivity contribution in [1.29, 1.82) is 0 Å². The van der Waals surface area contributed by atoms with Crippen LogP contribution in [0.1, 0.15) is 31.2 Å². The van der Waals surface area contributed by atoms with Gasteiger partial charge < -0.3 is 19.9 Å². The van der Waals surface area contributed by atoms with Gasteiger partial charge in [-0.25, -0.2) is 0 Å². The second-order valence-electron chi connectivity index (χ2n) is 5.91. The van der Waals surface area contributed by atoms with Crippen molar-refractivity contribution >= 4 is 0 Å². The zero-order valence-electron chi connectivity index (χ0n) is 13.1. The highest BCUT2D eigenvalue weighted by Gasteiger charge is 2.35. The first-order chi connectivity index (χ1) is 10.2. The molecule has 0 bridgehead atoms. The van der Waals surface area contributed by atoms with E-state index in [2.05, 4.69) is 17.4 Å². The molecule has 2 unspecified atom stereocenters. The molecule has 1 aliphatic carbocycles. The molecule has 1 aromatic rings. The monoisotopic (exact) mass is 293 g/mol. The highest BCUT2D eigenvalue weighted by atomic mass is 16.5. The van der Waals surface area contributed by atoms with Crippen LogP contribution in [0.25, 0.3) is 0 Å². The van der Waals surface area contributed by atoms with Gasteiger partial charge in [-0.15, -0.1) is 0 Å². The van der Waals surface area contributed by atoms with Crippen molar-refractivity contribution in [2.24, 2.45) is 0 Å². The Hall–Kier alpha value is -1.10. The Morgan fingerprint density at radius 2 is 2.10 bits per heavy atom. The smallest absolute Gasteiger partial charge is 0.119 e. The van der Waals surface area contributed by atoms with E-state index in [4.69, 9.17) is 9.47 Å². The minimum Gasteiger partial charge on any atom is -0.490 e. The number of nitrogens with one attached hydrogen (secondary N) is 1. The van der Waals surface area contributed by atoms with E-state index in [1.54, 1.807) is 7.11 Å². The lowest BCUT2D eigenvalue weighted by Crippen LogP contribution is -2.52. The first-order valence-electron chi connectivity index (χ1n) is 7.76. The number of methoxy groups -OCH3 is 1. The van der Waals surface area contributed by atoms with E-state index in [9.17, 15) is 5.11 Å². The predicted octanol–water partition coefficient (Wildman–Crippen LogP) is 2.15. The summed E-state index contributed by atoms with van der Waals surface area (Å²) in [5.41, 5.74) is 1.08. The van der Waals surface area contributed by atoms with Gasteiger partial charge in [0.1, 0.15) is 11.9 Å². The number of rotatable bonds is 7. The maximum absolute atomic E-state index is 9.61. The van der Waals surface area contributed by atoms with Crippen LogP contribution in [0.15, 0.2) is 24.3 Å². The second kappa shape index (κ2) is 7.78. The van der Waals surface area contributed by atoms with Gasteiger partial charge in [0.2, 0.25) is 0 Å². The largest absolute Gasteiger partial charge is 0.490 e. The molecule has 0 aliphatic heterocycles. The normalized spacial score (nSPS) is 25.8. The van der Waals surface area contributed by atoms with E-state index in [0.717, 1.165) is 44.5 Å². The predicted molar refractivity (Wildman–Crippen MR) is 83.8 cm³/mol. The summed E-state index contributed by atoms with van der Waals surface area (Å²) in [6.07, 6.45) is 5.09. The molecule has 1 saturated carbocycles. The Labute approximate surface area is 127 Å². The van der Waals surface area contributed by atoms with E-state index >= 15 is 0 Å². The average molecular weight is 293 g/mol. The minimum atomic E-state index is -0.179. The van der Waals surface area contributed by atoms with Crippen LogP contribution in [0.4, 0.5) is 0 Å². The van der Waals surface area contributed by atoms with Crippen LogP contribution >= 0.6 is 0 Å². The Balaban J connectivity index is 1.91. The van der Waals surface area contributed by atoms with Crippen LogP contribution in [0, 0.1) is 0 Å². The molecular formula is C17H27NO3. The molecule has 4 heteroatoms. The fourth-order valence-corrected chi connectivity index (χ4v) is 3.01. The van der Waals surface area contributed by atoms with Crippen molar-refractivity contribution in [1.82, 2.24) is 5.32 Å². The van der Waals surface area contributed by atoms with Crippen molar-refractivity contribution in [2.75, 3.05) is 27.4 Å². The van der Waals surface area contributed by atoms with Crippen LogP contribution in [-0.4, -0.2) is 44.1 Å². The molecule has 0 heterocycles. The van der Waals surface area contributed by atoms with Crippen LogP contribution in [0.3, 0.4) is 0 Å². The minimum absolute atomic E-state index is 0.166. The molecule has 0 amide bonds. The maximum atomic E-state index is 9.61. The highest BCUT2D eigenvalue weighted by Crippen LogP contribution is 2.30. The second-order valence-corrected chi connectivity index (χ2v) is 5.91. The Morgan fingerprint density at radius 3 is 2.71 bits per heavy atom. The quantitative estimate of drug-likeness (QED) is 0.809. The SMILES string of the molecule is CNC1(CO)CCCC(Oc2ccc(CCOC)cc2)C1. The zero-order chi connectivity index (χ0) is 15.1. The van der Waals surface area contributed by atoms with Crippen molar-refractivity contribution in [3.8, 4) is 5.75 Å². The van der Waals surface area contributed by atoms with Crippen LogP contribution in [0.2, 0.25) is 0 Å². The summed E-state index contributed by atoms with van der Waals surface area (Å²) in [5, 5.41) is 12.9. The van der Waals surface area contributed by atoms with Crippen molar-refractivity contribution in [3.05, 3.63) is 29.8 Å². The molecule has 2 N–H and O–H groups in total. The van der Waals surface area contributed by atoms with Crippen molar-refractivity contribution < 1.29 is 14.6 Å². The number of benzene rings is 1. The summed E-state index contributed by atoms with van der Waals surface area (Å²) in [6.45, 7) is 0.906. The number of aliphatic hydroxyl groups is 1. The molecule has 2 atom stereocenters. The third-order valence-electron chi connectivity index (χ3n) is 4.45.